The van der Waals surface area contributed by atoms with Crippen molar-refractivity contribution in [3.05, 3.63) is 61.6 Å². The molecule has 10 heteroatoms. The van der Waals surface area contributed by atoms with Crippen LogP contribution in [-0.2, 0) is 11.8 Å². The Labute approximate surface area is 244 Å². The fourth-order valence-electron chi connectivity index (χ4n) is 3.90. The molecule has 1 amide bonds. The highest BCUT2D eigenvalue weighted by molar-refractivity contribution is 6.02. The average Bonchev–Trinajstić information content (AvgIpc) is 3.37. The number of fused-ring (bicyclic) bond motifs is 1. The fourth-order valence-corrected chi connectivity index (χ4v) is 3.90. The first kappa shape index (κ1) is 32.8. The van der Waals surface area contributed by atoms with Crippen LogP contribution in [0.4, 0.5) is 23.0 Å². The summed E-state index contributed by atoms with van der Waals surface area (Å²) in [5, 5.41) is 7.18. The Morgan fingerprint density at radius 1 is 1.05 bits per heavy atom. The van der Waals surface area contributed by atoms with Crippen molar-refractivity contribution in [3.8, 4) is 17.0 Å². The number of pyridine rings is 1. The third-order valence-electron chi connectivity index (χ3n) is 5.96. The lowest BCUT2D eigenvalue weighted by molar-refractivity contribution is -0.111. The third-order valence-corrected chi connectivity index (χ3v) is 5.96. The number of hydrogen-bond donors (Lipinski definition) is 2. The molecule has 0 saturated heterocycles. The first-order valence-electron chi connectivity index (χ1n) is 13.8. The zero-order valence-corrected chi connectivity index (χ0v) is 25.8. The van der Waals surface area contributed by atoms with Gasteiger partial charge in [0.25, 0.3) is 0 Å². The van der Waals surface area contributed by atoms with E-state index in [0.717, 1.165) is 41.1 Å². The van der Waals surface area contributed by atoms with Gasteiger partial charge >= 0.3 is 0 Å². The van der Waals surface area contributed by atoms with Crippen LogP contribution in [0.5, 0.6) is 5.75 Å². The number of aromatic nitrogens is 4. The van der Waals surface area contributed by atoms with E-state index in [4.69, 9.17) is 9.72 Å². The molecule has 3 heterocycles. The van der Waals surface area contributed by atoms with Gasteiger partial charge in [0.1, 0.15) is 11.4 Å². The van der Waals surface area contributed by atoms with E-state index in [1.54, 1.807) is 19.5 Å². The molecule has 4 aromatic rings. The van der Waals surface area contributed by atoms with Crippen LogP contribution in [-0.4, -0.2) is 71.7 Å². The van der Waals surface area contributed by atoms with Crippen molar-refractivity contribution >= 4 is 40.0 Å². The molecular weight excluding hydrogens is 516 g/mol. The van der Waals surface area contributed by atoms with Crippen molar-refractivity contribution in [2.75, 3.05) is 56.9 Å². The number of rotatable bonds is 10. The van der Waals surface area contributed by atoms with Crippen molar-refractivity contribution in [2.45, 2.75) is 27.7 Å². The van der Waals surface area contributed by atoms with Crippen LogP contribution >= 0.6 is 0 Å². The van der Waals surface area contributed by atoms with E-state index < -0.39 is 0 Å². The summed E-state index contributed by atoms with van der Waals surface area (Å²) in [7, 11) is 9.57. The normalized spacial score (nSPS) is 10.2. The van der Waals surface area contributed by atoms with Gasteiger partial charge in [0.05, 0.1) is 29.9 Å². The number of anilines is 4. The number of nitrogens with one attached hydrogen (secondary N) is 2. The smallest absolute Gasteiger partial charge is 0.247 e. The van der Waals surface area contributed by atoms with Crippen LogP contribution in [0.3, 0.4) is 0 Å². The van der Waals surface area contributed by atoms with Gasteiger partial charge in [0.2, 0.25) is 11.9 Å². The highest BCUT2D eigenvalue weighted by Gasteiger charge is 2.17. The van der Waals surface area contributed by atoms with Crippen molar-refractivity contribution in [1.82, 2.24) is 24.4 Å². The zero-order chi connectivity index (χ0) is 30.5. The Bertz CT molecular complexity index is 1430. The number of aryl methyl sites for hydroxylation is 1. The highest BCUT2D eigenvalue weighted by Crippen LogP contribution is 2.38. The van der Waals surface area contributed by atoms with Gasteiger partial charge < -0.3 is 29.7 Å². The fraction of sp³-hybridized carbons (Fsp3) is 0.355. The summed E-state index contributed by atoms with van der Waals surface area (Å²) < 4.78 is 7.66. The summed E-state index contributed by atoms with van der Waals surface area (Å²) in [6.07, 6.45) is 6.71. The van der Waals surface area contributed by atoms with E-state index in [2.05, 4.69) is 43.0 Å². The molecule has 0 saturated carbocycles. The second-order valence-electron chi connectivity index (χ2n) is 8.94. The molecule has 0 spiro atoms. The van der Waals surface area contributed by atoms with Gasteiger partial charge in [-0.1, -0.05) is 34.3 Å². The Morgan fingerprint density at radius 3 is 2.44 bits per heavy atom. The van der Waals surface area contributed by atoms with Gasteiger partial charge in [0.15, 0.2) is 0 Å². The monoisotopic (exact) mass is 560 g/mol. The molecule has 10 nitrogen and oxygen atoms in total. The molecule has 0 atom stereocenters. The second-order valence-corrected chi connectivity index (χ2v) is 8.94. The Morgan fingerprint density at radius 2 is 1.78 bits per heavy atom. The number of carbonyl (C=O) groups is 1. The number of carbonyl (C=O) groups excluding carboxylic acids is 1. The van der Waals surface area contributed by atoms with Gasteiger partial charge in [-0.05, 0) is 44.4 Å². The summed E-state index contributed by atoms with van der Waals surface area (Å²) in [5.74, 6) is 0.670. The molecule has 41 heavy (non-hydrogen) atoms. The van der Waals surface area contributed by atoms with Gasteiger partial charge in [-0.25, -0.2) is 15.0 Å². The number of nitrogens with zero attached hydrogens (tertiary/aromatic N) is 6. The lowest BCUT2D eigenvalue weighted by Gasteiger charge is -2.26. The summed E-state index contributed by atoms with van der Waals surface area (Å²) in [4.78, 5) is 30.0. The van der Waals surface area contributed by atoms with Gasteiger partial charge in [-0.2, -0.15) is 0 Å². The van der Waals surface area contributed by atoms with Crippen LogP contribution in [0.15, 0.2) is 61.6 Å². The summed E-state index contributed by atoms with van der Waals surface area (Å²) in [6, 6.07) is 9.61. The first-order valence-corrected chi connectivity index (χ1v) is 13.8. The minimum Gasteiger partial charge on any atom is -0.494 e. The SMILES string of the molecule is C=CC(=O)Nc1cc(Nc2nccc(-c3cnc4c(ccn4C)c3)n2)c(OC)cc1N(C)CCN(C)C.CC.CC. The second kappa shape index (κ2) is 16.0. The third kappa shape index (κ3) is 8.52. The quantitative estimate of drug-likeness (QED) is 0.229. The molecule has 4 rings (SSSR count). The standard InChI is InChI=1S/C27H32N8O2.2C2H6/c1-7-25(36)30-21-15-22(24(37-6)16-23(21)34(4)13-12-33(2)3)32-27-28-10-8-20(31-27)19-14-18-9-11-35(5)26(18)29-17-19;2*1-2/h7-11,14-17H,1,12-13H2,2-6H3,(H,30,36)(H,28,31,32);2*1-2H3. The van der Waals surface area contributed by atoms with Crippen molar-refractivity contribution in [2.24, 2.45) is 7.05 Å². The predicted octanol–water partition coefficient (Wildman–Crippen LogP) is 5.96. The number of methoxy groups -OCH3 is 1. The lowest BCUT2D eigenvalue weighted by Crippen LogP contribution is -2.29. The zero-order valence-electron chi connectivity index (χ0n) is 25.8. The van der Waals surface area contributed by atoms with E-state index in [1.165, 1.54) is 6.08 Å². The minimum atomic E-state index is -0.305. The number of amides is 1. The molecule has 0 unspecified atom stereocenters. The van der Waals surface area contributed by atoms with E-state index in [1.807, 2.05) is 90.9 Å². The van der Waals surface area contributed by atoms with Crippen molar-refractivity contribution < 1.29 is 9.53 Å². The maximum atomic E-state index is 12.2. The van der Waals surface area contributed by atoms with Crippen molar-refractivity contribution in [3.63, 3.8) is 0 Å². The number of likely N-dealkylation sites (N-methyl/N-ethyl adjacent to an activating group) is 2. The minimum absolute atomic E-state index is 0.305. The van der Waals surface area contributed by atoms with E-state index in [9.17, 15) is 4.79 Å². The predicted molar refractivity (Wildman–Crippen MR) is 171 cm³/mol. The Hall–Kier alpha value is -4.44. The highest BCUT2D eigenvalue weighted by atomic mass is 16.5. The molecule has 0 aliphatic heterocycles. The number of hydrogen-bond acceptors (Lipinski definition) is 8. The molecule has 0 aliphatic carbocycles. The van der Waals surface area contributed by atoms with Crippen LogP contribution in [0.2, 0.25) is 0 Å². The Balaban J connectivity index is 0.00000141. The maximum Gasteiger partial charge on any atom is 0.247 e. The molecule has 220 valence electrons. The van der Waals surface area contributed by atoms with E-state index in [-0.39, 0.29) is 5.91 Å². The molecule has 2 N–H and O–H groups in total. The van der Waals surface area contributed by atoms with E-state index in [0.29, 0.717) is 23.1 Å². The van der Waals surface area contributed by atoms with Crippen LogP contribution in [0.1, 0.15) is 27.7 Å². The number of ether oxygens (including phenoxy) is 1. The molecule has 1 aromatic carbocycles. The molecule has 0 fully saturated rings. The molecule has 0 radical (unpaired) electrons. The van der Waals surface area contributed by atoms with Gasteiger partial charge in [0, 0.05) is 62.8 Å². The van der Waals surface area contributed by atoms with Crippen molar-refractivity contribution in [1.29, 1.82) is 0 Å². The Kier molecular flexibility index (Phi) is 12.8. The van der Waals surface area contributed by atoms with Crippen LogP contribution in [0, 0.1) is 0 Å². The van der Waals surface area contributed by atoms with Gasteiger partial charge in [-0.3, -0.25) is 4.79 Å². The number of benzene rings is 1. The summed E-state index contributed by atoms with van der Waals surface area (Å²) in [5.41, 5.74) is 4.56. The summed E-state index contributed by atoms with van der Waals surface area (Å²) >= 11 is 0. The first-order chi connectivity index (χ1) is 19.8. The molecule has 3 aromatic heterocycles. The lowest BCUT2D eigenvalue weighted by atomic mass is 10.1. The topological polar surface area (TPSA) is 100 Å². The van der Waals surface area contributed by atoms with E-state index >= 15 is 0 Å². The molecule has 0 bridgehead atoms. The largest absolute Gasteiger partial charge is 0.494 e. The van der Waals surface area contributed by atoms with Crippen LogP contribution in [0.25, 0.3) is 22.3 Å². The molecule has 0 aliphatic rings. The molecular formula is C31H44N8O2. The maximum absolute atomic E-state index is 12.2. The van der Waals surface area contributed by atoms with Crippen LogP contribution < -0.4 is 20.3 Å². The summed E-state index contributed by atoms with van der Waals surface area (Å²) in [6.45, 7) is 13.2. The van der Waals surface area contributed by atoms with Gasteiger partial charge in [-0.15, -0.1) is 0 Å². The average molecular weight is 561 g/mol.